The lowest BCUT2D eigenvalue weighted by molar-refractivity contribution is -0.133. The van der Waals surface area contributed by atoms with E-state index in [9.17, 15) is 19.8 Å². The zero-order valence-electron chi connectivity index (χ0n) is 23.7. The smallest absolute Gasteiger partial charge is 0.277 e. The van der Waals surface area contributed by atoms with Crippen molar-refractivity contribution in [1.82, 2.24) is 30.0 Å². The van der Waals surface area contributed by atoms with Gasteiger partial charge in [0.2, 0.25) is 11.9 Å². The Bertz CT molecular complexity index is 1300. The summed E-state index contributed by atoms with van der Waals surface area (Å²) in [6.45, 7) is 3.96. The molecule has 0 saturated carbocycles. The van der Waals surface area contributed by atoms with E-state index < -0.39 is 0 Å². The summed E-state index contributed by atoms with van der Waals surface area (Å²) in [5.74, 6) is 1.47. The van der Waals surface area contributed by atoms with Crippen LogP contribution in [0.15, 0.2) is 34.5 Å². The molecular weight excluding hydrogens is 524 g/mol. The molecular formula is C29H42N8O4. The Morgan fingerprint density at radius 3 is 2.37 bits per heavy atom. The number of carbonyl (C=O) groups is 1. The number of nitrogens with one attached hydrogen (secondary N) is 2. The first-order valence-corrected chi connectivity index (χ1v) is 15.0. The van der Waals surface area contributed by atoms with Gasteiger partial charge in [0, 0.05) is 57.1 Å². The van der Waals surface area contributed by atoms with Crippen molar-refractivity contribution in [2.45, 2.75) is 57.8 Å². The Balaban J connectivity index is 1.24. The van der Waals surface area contributed by atoms with Crippen LogP contribution in [0.5, 0.6) is 0 Å². The first-order chi connectivity index (χ1) is 20.1. The van der Waals surface area contributed by atoms with Gasteiger partial charge >= 0.3 is 0 Å². The summed E-state index contributed by atoms with van der Waals surface area (Å²) in [5.41, 5.74) is 2.51. The molecule has 222 valence electrons. The quantitative estimate of drug-likeness (QED) is 0.336. The van der Waals surface area contributed by atoms with Crippen molar-refractivity contribution < 1.29 is 15.0 Å². The Hall–Kier alpha value is -3.51. The number of hydrogen-bond acceptors (Lipinski definition) is 10. The van der Waals surface area contributed by atoms with Crippen LogP contribution in [0.1, 0.15) is 57.8 Å². The lowest BCUT2D eigenvalue weighted by Gasteiger charge is -2.36. The Kier molecular flexibility index (Phi) is 9.84. The normalized spacial score (nSPS) is 18.6. The third-order valence-electron chi connectivity index (χ3n) is 8.38. The minimum absolute atomic E-state index is 0.00736. The summed E-state index contributed by atoms with van der Waals surface area (Å²) < 4.78 is 0. The largest absolute Gasteiger partial charge is 0.395 e. The number of fused-ring (bicyclic) bond motifs is 1. The Morgan fingerprint density at radius 2 is 1.71 bits per heavy atom. The van der Waals surface area contributed by atoms with Gasteiger partial charge in [0.05, 0.1) is 19.4 Å². The SMILES string of the molecule is O=C(CC1CCN(C2=CC=C(Nc3nc(N4CCCCCC4)nc4cn[nH]c(=O)c34)CC2)CC1)N(CCO)CCO. The van der Waals surface area contributed by atoms with Crippen molar-refractivity contribution in [3.63, 3.8) is 0 Å². The number of nitrogens with zero attached hydrogens (tertiary/aromatic N) is 6. The fraction of sp³-hybridized carbons (Fsp3) is 0.621. The molecule has 41 heavy (non-hydrogen) atoms. The van der Waals surface area contributed by atoms with Crippen LogP contribution in [0.4, 0.5) is 11.8 Å². The summed E-state index contributed by atoms with van der Waals surface area (Å²) in [7, 11) is 0. The van der Waals surface area contributed by atoms with Gasteiger partial charge < -0.3 is 30.2 Å². The summed E-state index contributed by atoms with van der Waals surface area (Å²) >= 11 is 0. The van der Waals surface area contributed by atoms with E-state index in [0.717, 1.165) is 70.4 Å². The number of rotatable bonds is 10. The van der Waals surface area contributed by atoms with Crippen LogP contribution in [0, 0.1) is 5.92 Å². The van der Waals surface area contributed by atoms with Crippen LogP contribution in [-0.4, -0.2) is 98.6 Å². The molecule has 0 radical (unpaired) electrons. The number of H-pyrrole nitrogens is 1. The van der Waals surface area contributed by atoms with E-state index >= 15 is 0 Å². The van der Waals surface area contributed by atoms with Gasteiger partial charge in [-0.25, -0.2) is 10.1 Å². The molecule has 1 aliphatic carbocycles. The molecule has 0 atom stereocenters. The van der Waals surface area contributed by atoms with E-state index in [0.29, 0.717) is 35.0 Å². The van der Waals surface area contributed by atoms with Gasteiger partial charge in [0.15, 0.2) is 0 Å². The Labute approximate surface area is 240 Å². The fourth-order valence-electron chi connectivity index (χ4n) is 6.04. The van der Waals surface area contributed by atoms with Crippen molar-refractivity contribution in [2.75, 3.05) is 62.7 Å². The maximum atomic E-state index is 12.7. The van der Waals surface area contributed by atoms with Crippen molar-refractivity contribution in [2.24, 2.45) is 5.92 Å². The van der Waals surface area contributed by atoms with Crippen molar-refractivity contribution in [3.05, 3.63) is 40.1 Å². The van der Waals surface area contributed by atoms with Crippen LogP contribution < -0.4 is 15.8 Å². The number of aliphatic hydroxyl groups is 2. The maximum absolute atomic E-state index is 12.7. The lowest BCUT2D eigenvalue weighted by atomic mass is 9.92. The van der Waals surface area contributed by atoms with Crippen LogP contribution >= 0.6 is 0 Å². The monoisotopic (exact) mass is 566 g/mol. The highest BCUT2D eigenvalue weighted by Crippen LogP contribution is 2.30. The number of aliphatic hydroxyl groups excluding tert-OH is 2. The number of likely N-dealkylation sites (tertiary alicyclic amines) is 1. The van der Waals surface area contributed by atoms with Crippen LogP contribution in [-0.2, 0) is 4.79 Å². The zero-order chi connectivity index (χ0) is 28.6. The second kappa shape index (κ2) is 13.9. The summed E-state index contributed by atoms with van der Waals surface area (Å²) in [6, 6.07) is 0. The lowest BCUT2D eigenvalue weighted by Crippen LogP contribution is -2.39. The van der Waals surface area contributed by atoms with Crippen LogP contribution in [0.25, 0.3) is 10.9 Å². The van der Waals surface area contributed by atoms with Gasteiger partial charge in [-0.2, -0.15) is 10.1 Å². The standard InChI is InChI=1S/C29H42N8O4/c38-17-15-36(16-18-39)25(40)19-21-9-13-35(14-10-21)23-7-5-22(6-8-23)31-27-26-24(20-30-34-28(26)41)32-29(33-27)37-11-3-1-2-4-12-37/h5,7,20-21,38-39H,1-4,6,8-19H2,(H,34,41)(H,31,32,33). The predicted octanol–water partition coefficient (Wildman–Crippen LogP) is 1.98. The van der Waals surface area contributed by atoms with Gasteiger partial charge in [0.25, 0.3) is 5.56 Å². The molecule has 2 fully saturated rings. The number of piperidine rings is 1. The highest BCUT2D eigenvalue weighted by molar-refractivity contribution is 5.89. The summed E-state index contributed by atoms with van der Waals surface area (Å²) in [4.78, 5) is 41.0. The molecule has 5 rings (SSSR count). The highest BCUT2D eigenvalue weighted by atomic mass is 16.3. The molecule has 12 nitrogen and oxygen atoms in total. The van der Waals surface area contributed by atoms with E-state index in [2.05, 4.69) is 42.4 Å². The third kappa shape index (κ3) is 7.23. The van der Waals surface area contributed by atoms with Crippen molar-refractivity contribution in [3.8, 4) is 0 Å². The molecule has 2 aliphatic heterocycles. The average molecular weight is 567 g/mol. The van der Waals surface area contributed by atoms with E-state index in [1.54, 1.807) is 11.1 Å². The molecule has 2 aromatic rings. The molecule has 0 unspecified atom stereocenters. The topological polar surface area (TPSA) is 151 Å². The van der Waals surface area contributed by atoms with E-state index in [1.807, 2.05) is 0 Å². The molecule has 4 heterocycles. The van der Waals surface area contributed by atoms with Gasteiger partial charge in [0.1, 0.15) is 16.7 Å². The molecule has 1 amide bonds. The van der Waals surface area contributed by atoms with E-state index in [1.165, 1.54) is 18.5 Å². The van der Waals surface area contributed by atoms with E-state index in [4.69, 9.17) is 4.98 Å². The third-order valence-corrected chi connectivity index (χ3v) is 8.38. The van der Waals surface area contributed by atoms with Crippen LogP contribution in [0.3, 0.4) is 0 Å². The average Bonchev–Trinajstić information content (AvgIpc) is 3.28. The van der Waals surface area contributed by atoms with Crippen LogP contribution in [0.2, 0.25) is 0 Å². The van der Waals surface area contributed by atoms with Crippen molar-refractivity contribution in [1.29, 1.82) is 0 Å². The Morgan fingerprint density at radius 1 is 0.976 bits per heavy atom. The fourth-order valence-corrected chi connectivity index (χ4v) is 6.04. The second-order valence-electron chi connectivity index (χ2n) is 11.2. The number of carbonyl (C=O) groups excluding carboxylic acids is 1. The van der Waals surface area contributed by atoms with Gasteiger partial charge in [-0.15, -0.1) is 0 Å². The number of hydrogen-bond donors (Lipinski definition) is 4. The molecule has 0 spiro atoms. The number of aromatic amines is 1. The van der Waals surface area contributed by atoms with E-state index in [-0.39, 0.29) is 37.8 Å². The van der Waals surface area contributed by atoms with Gasteiger partial charge in [-0.05, 0) is 56.6 Å². The first-order valence-electron chi connectivity index (χ1n) is 15.0. The minimum atomic E-state index is -0.308. The molecule has 3 aliphatic rings. The van der Waals surface area contributed by atoms with Gasteiger partial charge in [-0.3, -0.25) is 9.59 Å². The first kappa shape index (κ1) is 29.0. The molecule has 0 aromatic carbocycles. The summed E-state index contributed by atoms with van der Waals surface area (Å²) in [6.07, 6.45) is 14.5. The number of aromatic nitrogens is 4. The molecule has 12 heteroatoms. The summed E-state index contributed by atoms with van der Waals surface area (Å²) in [5, 5.41) is 28.8. The molecule has 0 bridgehead atoms. The van der Waals surface area contributed by atoms with Crippen molar-refractivity contribution >= 4 is 28.6 Å². The van der Waals surface area contributed by atoms with Gasteiger partial charge in [-0.1, -0.05) is 12.8 Å². The second-order valence-corrected chi connectivity index (χ2v) is 11.2. The zero-order valence-corrected chi connectivity index (χ0v) is 23.7. The predicted molar refractivity (Wildman–Crippen MR) is 157 cm³/mol. The molecule has 2 aromatic heterocycles. The molecule has 4 N–H and O–H groups in total. The minimum Gasteiger partial charge on any atom is -0.395 e. The molecule has 2 saturated heterocycles. The number of anilines is 2. The maximum Gasteiger partial charge on any atom is 0.277 e. The number of amides is 1. The highest BCUT2D eigenvalue weighted by Gasteiger charge is 2.26. The number of allylic oxidation sites excluding steroid dienone is 4.